The van der Waals surface area contributed by atoms with Crippen LogP contribution in [0.2, 0.25) is 0 Å². The molecule has 4 N–H and O–H groups in total. The molecule has 0 bridgehead atoms. The molecule has 2 aromatic rings. The minimum atomic E-state index is -4.83. The van der Waals surface area contributed by atoms with E-state index in [0.717, 1.165) is 43.4 Å². The van der Waals surface area contributed by atoms with Gasteiger partial charge in [0.2, 0.25) is 11.7 Å². The number of hydrogen-bond acceptors (Lipinski definition) is 6. The molecule has 0 radical (unpaired) electrons. The van der Waals surface area contributed by atoms with Gasteiger partial charge in [-0.3, -0.25) is 24.8 Å². The van der Waals surface area contributed by atoms with E-state index in [4.69, 9.17) is 0 Å². The van der Waals surface area contributed by atoms with Crippen molar-refractivity contribution in [2.45, 2.75) is 63.0 Å². The second kappa shape index (κ2) is 10.7. The predicted molar refractivity (Wildman–Crippen MR) is 111 cm³/mol. The lowest BCUT2D eigenvalue weighted by Gasteiger charge is -2.28. The molecule has 0 unspecified atom stereocenters. The summed E-state index contributed by atoms with van der Waals surface area (Å²) in [5.74, 6) is -3.26. The number of aromatic nitrogens is 3. The summed E-state index contributed by atoms with van der Waals surface area (Å²) in [6.45, 7) is 1.56. The van der Waals surface area contributed by atoms with Crippen molar-refractivity contribution in [1.29, 1.82) is 0 Å². The lowest BCUT2D eigenvalue weighted by molar-refractivity contribution is -0.161. The first-order chi connectivity index (χ1) is 16.1. The lowest BCUT2D eigenvalue weighted by atomic mass is 10.0. The molecule has 1 fully saturated rings. The summed E-state index contributed by atoms with van der Waals surface area (Å²) in [5, 5.41) is 13.2. The Morgan fingerprint density at radius 1 is 1.15 bits per heavy atom. The topological polar surface area (TPSA) is 129 Å². The molecule has 34 heavy (non-hydrogen) atoms. The Kier molecular flexibility index (Phi) is 7.97. The Hall–Kier alpha value is -3.35. The van der Waals surface area contributed by atoms with Gasteiger partial charge in [-0.05, 0) is 37.0 Å². The van der Waals surface area contributed by atoms with Crippen molar-refractivity contribution in [1.82, 2.24) is 31.1 Å². The molecule has 0 saturated heterocycles. The molecule has 3 rings (SSSR count). The van der Waals surface area contributed by atoms with Crippen molar-refractivity contribution in [3.8, 4) is 0 Å². The van der Waals surface area contributed by atoms with Gasteiger partial charge in [-0.15, -0.1) is 0 Å². The van der Waals surface area contributed by atoms with E-state index < -0.39 is 47.7 Å². The minimum absolute atomic E-state index is 0.0539. The van der Waals surface area contributed by atoms with Gasteiger partial charge in [-0.25, -0.2) is 9.37 Å². The Morgan fingerprint density at radius 2 is 1.82 bits per heavy atom. The summed E-state index contributed by atoms with van der Waals surface area (Å²) in [4.78, 5) is 41.4. The molecule has 0 spiro atoms. The maximum atomic E-state index is 13.9. The zero-order valence-corrected chi connectivity index (χ0v) is 18.2. The van der Waals surface area contributed by atoms with E-state index in [-0.39, 0.29) is 30.3 Å². The van der Waals surface area contributed by atoms with Crippen LogP contribution >= 0.6 is 0 Å². The molecular formula is C21H24F4N6O3. The van der Waals surface area contributed by atoms with E-state index in [1.165, 1.54) is 0 Å². The van der Waals surface area contributed by atoms with Crippen LogP contribution in [0.3, 0.4) is 0 Å². The van der Waals surface area contributed by atoms with Crippen LogP contribution in [0.5, 0.6) is 0 Å². The van der Waals surface area contributed by atoms with Gasteiger partial charge in [0.05, 0.1) is 12.1 Å². The molecule has 13 heteroatoms. The summed E-state index contributed by atoms with van der Waals surface area (Å²) >= 11 is 0. The highest BCUT2D eigenvalue weighted by molar-refractivity contribution is 6.38. The van der Waals surface area contributed by atoms with Gasteiger partial charge in [0, 0.05) is 12.5 Å². The first-order valence-corrected chi connectivity index (χ1v) is 10.7. The van der Waals surface area contributed by atoms with Crippen molar-refractivity contribution in [2.75, 3.05) is 0 Å². The number of rotatable bonds is 11. The second-order valence-electron chi connectivity index (χ2n) is 7.96. The van der Waals surface area contributed by atoms with Crippen LogP contribution < -0.4 is 16.0 Å². The van der Waals surface area contributed by atoms with Crippen molar-refractivity contribution in [3.05, 3.63) is 47.8 Å². The fraction of sp³-hybridized carbons (Fsp3) is 0.476. The number of ketones is 1. The van der Waals surface area contributed by atoms with Crippen molar-refractivity contribution in [2.24, 2.45) is 0 Å². The first-order valence-electron chi connectivity index (χ1n) is 10.7. The summed E-state index contributed by atoms with van der Waals surface area (Å²) in [6, 6.07) is -1.45. The molecule has 0 aliphatic heterocycles. The Morgan fingerprint density at radius 3 is 2.35 bits per heavy atom. The van der Waals surface area contributed by atoms with Gasteiger partial charge in [0.15, 0.2) is 0 Å². The van der Waals surface area contributed by atoms with Gasteiger partial charge in [-0.2, -0.15) is 18.3 Å². The van der Waals surface area contributed by atoms with Gasteiger partial charge < -0.3 is 10.6 Å². The van der Waals surface area contributed by atoms with Gasteiger partial charge in [0.25, 0.3) is 5.91 Å². The molecule has 2 amide bonds. The van der Waals surface area contributed by atoms with Crippen LogP contribution in [0.25, 0.3) is 0 Å². The number of alkyl halides is 3. The number of H-pyrrole nitrogens is 1. The molecule has 1 aliphatic rings. The molecule has 1 heterocycles. The van der Waals surface area contributed by atoms with Crippen molar-refractivity contribution >= 4 is 17.6 Å². The molecule has 1 aromatic heterocycles. The summed E-state index contributed by atoms with van der Waals surface area (Å²) in [5.41, 5.74) is -0.309. The van der Waals surface area contributed by atoms with E-state index in [2.05, 4.69) is 31.1 Å². The predicted octanol–water partition coefficient (Wildman–Crippen LogP) is 1.49. The van der Waals surface area contributed by atoms with Gasteiger partial charge in [-0.1, -0.05) is 19.1 Å². The zero-order valence-electron chi connectivity index (χ0n) is 18.2. The van der Waals surface area contributed by atoms with Crippen LogP contribution in [0.4, 0.5) is 17.6 Å². The quantitative estimate of drug-likeness (QED) is 0.283. The van der Waals surface area contributed by atoms with Crippen molar-refractivity contribution in [3.63, 3.8) is 0 Å². The van der Waals surface area contributed by atoms with Crippen LogP contribution in [-0.4, -0.2) is 57.1 Å². The average Bonchev–Trinajstić information content (AvgIpc) is 3.45. The molecule has 1 aromatic carbocycles. The third-order valence-electron chi connectivity index (χ3n) is 5.25. The minimum Gasteiger partial charge on any atom is -0.347 e. The van der Waals surface area contributed by atoms with Crippen LogP contribution in [-0.2, 0) is 20.8 Å². The number of carbonyl (C=O) groups is 3. The standard InChI is InChI=1S/C21H24F4N6O3/c1-2-14(17(32)20(34)28-13-7-8-13)30-19(33)15(9-16-26-10-27-31-16)29-18(21(23,24)25)11-3-5-12(22)6-4-11/h3-6,10,13-15,18,29H,2,7-9H2,1H3,(H,28,34)(H,30,33)(H,26,27,31)/t14-,15-,18-/m0/s1. The number of halogens is 4. The number of Topliss-reactive ketones (excluding diaryl/α,β-unsaturated/α-hetero) is 1. The fourth-order valence-electron chi connectivity index (χ4n) is 3.25. The maximum Gasteiger partial charge on any atom is 0.407 e. The maximum absolute atomic E-state index is 13.9. The smallest absolute Gasteiger partial charge is 0.347 e. The third-order valence-corrected chi connectivity index (χ3v) is 5.25. The Balaban J connectivity index is 1.80. The lowest BCUT2D eigenvalue weighted by Crippen LogP contribution is -2.55. The number of nitrogens with one attached hydrogen (secondary N) is 4. The van der Waals surface area contributed by atoms with E-state index >= 15 is 0 Å². The molecule has 184 valence electrons. The summed E-state index contributed by atoms with van der Waals surface area (Å²) in [7, 11) is 0. The molecular weight excluding hydrogens is 460 g/mol. The summed E-state index contributed by atoms with van der Waals surface area (Å²) < 4.78 is 54.9. The number of carbonyl (C=O) groups excluding carboxylic acids is 3. The SMILES string of the molecule is CC[C@H](NC(=O)[C@H](Cc1ncn[nH]1)N[C@@H](c1ccc(F)cc1)C(F)(F)F)C(=O)C(=O)NC1CC1. The van der Waals surface area contributed by atoms with Crippen LogP contribution in [0.1, 0.15) is 43.6 Å². The number of nitrogens with zero attached hydrogens (tertiary/aromatic N) is 2. The molecule has 9 nitrogen and oxygen atoms in total. The Labute approximate surface area is 192 Å². The van der Waals surface area contributed by atoms with Crippen LogP contribution in [0.15, 0.2) is 30.6 Å². The van der Waals surface area contributed by atoms with E-state index in [0.29, 0.717) is 0 Å². The van der Waals surface area contributed by atoms with Gasteiger partial charge in [0.1, 0.15) is 24.0 Å². The number of aromatic amines is 1. The van der Waals surface area contributed by atoms with Gasteiger partial charge >= 0.3 is 6.18 Å². The van der Waals surface area contributed by atoms with E-state index in [1.54, 1.807) is 6.92 Å². The summed E-state index contributed by atoms with van der Waals surface area (Å²) in [6.07, 6.45) is -2.45. The van der Waals surface area contributed by atoms with E-state index in [9.17, 15) is 31.9 Å². The van der Waals surface area contributed by atoms with Crippen molar-refractivity contribution < 1.29 is 31.9 Å². The average molecular weight is 484 g/mol. The zero-order chi connectivity index (χ0) is 24.9. The fourth-order valence-corrected chi connectivity index (χ4v) is 3.25. The highest BCUT2D eigenvalue weighted by Gasteiger charge is 2.43. The largest absolute Gasteiger partial charge is 0.407 e. The third kappa shape index (κ3) is 6.83. The monoisotopic (exact) mass is 484 g/mol. The molecule has 1 aliphatic carbocycles. The molecule has 3 atom stereocenters. The second-order valence-corrected chi connectivity index (χ2v) is 7.96. The normalized spacial score (nSPS) is 16.4. The number of hydrogen-bond donors (Lipinski definition) is 4. The van der Waals surface area contributed by atoms with E-state index in [1.807, 2.05) is 0 Å². The Bertz CT molecular complexity index is 993. The molecule has 1 saturated carbocycles. The number of amides is 2. The number of benzene rings is 1. The first kappa shape index (κ1) is 25.3. The highest BCUT2D eigenvalue weighted by atomic mass is 19.4. The van der Waals surface area contributed by atoms with Crippen LogP contribution in [0, 0.1) is 5.82 Å². The highest BCUT2D eigenvalue weighted by Crippen LogP contribution is 2.33.